The molecule has 4 N–H and O–H groups in total. The number of aromatic nitrogens is 6. The lowest BCUT2D eigenvalue weighted by atomic mass is 9.92. The van der Waals surface area contributed by atoms with Crippen molar-refractivity contribution in [1.29, 1.82) is 0 Å². The highest BCUT2D eigenvalue weighted by molar-refractivity contribution is 6.15. The number of pyridine rings is 1. The zero-order chi connectivity index (χ0) is 50.1. The first-order chi connectivity index (χ1) is 34.7. The van der Waals surface area contributed by atoms with E-state index in [1.165, 1.54) is 12.0 Å². The number of H-pyrrole nitrogens is 1. The number of aryl methyl sites for hydroxylation is 1. The number of carbonyl (C=O) groups excluding carboxylic acids is 6. The topological polar surface area (TPSA) is 228 Å². The van der Waals surface area contributed by atoms with Gasteiger partial charge in [-0.3, -0.25) is 43.1 Å². The molecule has 3 fully saturated rings. The van der Waals surface area contributed by atoms with Crippen molar-refractivity contribution in [2.45, 2.75) is 95.9 Å². The Balaban J connectivity index is 0.815. The fourth-order valence-electron chi connectivity index (χ4n) is 11.4. The molecule has 6 amide bonds. The van der Waals surface area contributed by atoms with Crippen LogP contribution in [-0.2, 0) is 32.7 Å². The van der Waals surface area contributed by atoms with E-state index in [1.807, 2.05) is 44.6 Å². The molecular formula is C53H55N11O8. The number of methoxy groups -OCH3 is 1. The van der Waals surface area contributed by atoms with Crippen molar-refractivity contribution in [2.75, 3.05) is 25.5 Å². The van der Waals surface area contributed by atoms with E-state index in [4.69, 9.17) is 9.72 Å². The van der Waals surface area contributed by atoms with Gasteiger partial charge in [-0.1, -0.05) is 18.2 Å². The average molecular weight is 974 g/mol. The highest BCUT2D eigenvalue weighted by Crippen LogP contribution is 2.44. The SMILES string of the molecule is COC(=O)N[C@@H]1CC[C@@H](n2c(=O)n(C)c3cnc4[nH]c(-c5ccc(C(=O)N6CCC(CC(=O)Nc7ccc8c(c7)CN(C7CCC(=O)NC7=O)C8=O)CC6)cc5)c(-c5ccc6c(cnn6C(C)C)c5)c4c32)C1. The second kappa shape index (κ2) is 18.3. The summed E-state index contributed by atoms with van der Waals surface area (Å²) in [5.74, 6) is -1.27. The van der Waals surface area contributed by atoms with Crippen LogP contribution in [0.5, 0.6) is 0 Å². The molecule has 3 aromatic carbocycles. The summed E-state index contributed by atoms with van der Waals surface area (Å²) in [4.78, 5) is 103. The lowest BCUT2D eigenvalue weighted by Crippen LogP contribution is -2.52. The molecular weight excluding hydrogens is 919 g/mol. The first-order valence-electron chi connectivity index (χ1n) is 24.7. The lowest BCUT2D eigenvalue weighted by Gasteiger charge is -2.32. The van der Waals surface area contributed by atoms with Crippen LogP contribution in [0.3, 0.4) is 0 Å². The zero-order valence-corrected chi connectivity index (χ0v) is 40.5. The minimum atomic E-state index is -0.716. The first-order valence-corrected chi connectivity index (χ1v) is 24.7. The maximum Gasteiger partial charge on any atom is 0.407 e. The number of aromatic amines is 1. The summed E-state index contributed by atoms with van der Waals surface area (Å²) in [7, 11) is 3.10. The van der Waals surface area contributed by atoms with Crippen LogP contribution >= 0.6 is 0 Å². The van der Waals surface area contributed by atoms with Gasteiger partial charge in [0.25, 0.3) is 11.8 Å². The number of likely N-dealkylation sites (tertiary alicyclic amines) is 1. The molecule has 4 aromatic heterocycles. The molecule has 11 rings (SSSR count). The number of imidazole rings is 1. The molecule has 1 saturated carbocycles. The van der Waals surface area contributed by atoms with Crippen LogP contribution in [0.4, 0.5) is 10.5 Å². The standard InChI is InChI=1S/C53H55N11O8/c1-28(2)64-39-14-9-32(22-33(39)25-55-64)44-45-47-41(60(3)53(71)63(47)37-12-10-36(24-37)57-52(70)72-4)26-54-48(45)59-46(44)30-5-7-31(8-6-30)50(68)61-19-17-29(18-20-61)21-43(66)56-35-11-13-38-34(23-35)27-62(51(38)69)40-15-16-42(65)58-49(40)67/h5-9,11,13-14,22-23,25-26,28-29,36-37,40H,10,12,15-21,24,27H2,1-4H3,(H,54,59)(H,56,66)(H,57,70)(H,58,65,67)/t36-,37-,40?/m1/s1. The number of nitrogens with one attached hydrogen (secondary N) is 4. The summed E-state index contributed by atoms with van der Waals surface area (Å²) in [6, 6.07) is 18.0. The number of anilines is 1. The van der Waals surface area contributed by atoms with Crippen LogP contribution in [0.2, 0.25) is 0 Å². The normalized spacial score (nSPS) is 19.5. The third-order valence-corrected chi connectivity index (χ3v) is 15.1. The van der Waals surface area contributed by atoms with Gasteiger partial charge in [0.15, 0.2) is 0 Å². The highest BCUT2D eigenvalue weighted by atomic mass is 16.5. The predicted octanol–water partition coefficient (Wildman–Crippen LogP) is 6.57. The van der Waals surface area contributed by atoms with E-state index >= 15 is 0 Å². The van der Waals surface area contributed by atoms with E-state index in [2.05, 4.69) is 58.1 Å². The molecule has 2 saturated heterocycles. The number of fused-ring (bicyclic) bond motifs is 5. The van der Waals surface area contributed by atoms with E-state index < -0.39 is 18.0 Å². The van der Waals surface area contributed by atoms with Gasteiger partial charge in [-0.05, 0) is 117 Å². The van der Waals surface area contributed by atoms with Crippen LogP contribution in [0.1, 0.15) is 104 Å². The van der Waals surface area contributed by atoms with Crippen LogP contribution in [-0.4, -0.2) is 107 Å². The quantitative estimate of drug-likeness (QED) is 0.108. The van der Waals surface area contributed by atoms with Gasteiger partial charge in [-0.25, -0.2) is 14.6 Å². The average Bonchev–Trinajstić information content (AvgIpc) is 4.21. The largest absolute Gasteiger partial charge is 0.453 e. The second-order valence-corrected chi connectivity index (χ2v) is 19.9. The van der Waals surface area contributed by atoms with Crippen molar-refractivity contribution in [1.82, 2.24) is 49.3 Å². The number of rotatable bonds is 10. The van der Waals surface area contributed by atoms with Gasteiger partial charge in [-0.15, -0.1) is 0 Å². The van der Waals surface area contributed by atoms with Gasteiger partial charge in [0.1, 0.15) is 11.7 Å². The molecule has 7 aromatic rings. The Morgan fingerprint density at radius 3 is 2.42 bits per heavy atom. The summed E-state index contributed by atoms with van der Waals surface area (Å²) in [5.41, 5.74) is 8.51. The summed E-state index contributed by atoms with van der Waals surface area (Å²) >= 11 is 0. The van der Waals surface area contributed by atoms with E-state index in [1.54, 1.807) is 36.0 Å². The van der Waals surface area contributed by atoms with Gasteiger partial charge in [0.05, 0.1) is 47.1 Å². The number of imide groups is 1. The van der Waals surface area contributed by atoms with E-state index in [0.717, 1.165) is 44.2 Å². The molecule has 3 aliphatic heterocycles. The molecule has 72 heavy (non-hydrogen) atoms. The van der Waals surface area contributed by atoms with Gasteiger partial charge >= 0.3 is 11.8 Å². The van der Waals surface area contributed by atoms with Crippen LogP contribution in [0, 0.1) is 5.92 Å². The Kier molecular flexibility index (Phi) is 11.7. The van der Waals surface area contributed by atoms with Crippen LogP contribution in [0.25, 0.3) is 55.4 Å². The second-order valence-electron chi connectivity index (χ2n) is 19.9. The van der Waals surface area contributed by atoms with Gasteiger partial charge in [0.2, 0.25) is 17.7 Å². The Morgan fingerprint density at radius 1 is 0.889 bits per heavy atom. The Labute approximate surface area is 412 Å². The number of alkyl carbamates (subject to hydrolysis) is 1. The zero-order valence-electron chi connectivity index (χ0n) is 40.5. The lowest BCUT2D eigenvalue weighted by molar-refractivity contribution is -0.137. The number of carbonyl (C=O) groups is 6. The number of benzene rings is 3. The smallest absolute Gasteiger partial charge is 0.407 e. The van der Waals surface area contributed by atoms with E-state index in [-0.39, 0.29) is 79.2 Å². The molecule has 370 valence electrons. The van der Waals surface area contributed by atoms with Gasteiger partial charge < -0.3 is 30.2 Å². The van der Waals surface area contributed by atoms with Crippen molar-refractivity contribution in [3.8, 4) is 22.4 Å². The number of hydrogen-bond donors (Lipinski definition) is 4. The summed E-state index contributed by atoms with van der Waals surface area (Å²) < 4.78 is 10.4. The molecule has 7 heterocycles. The summed E-state index contributed by atoms with van der Waals surface area (Å²) in [6.07, 6.45) is 7.08. The molecule has 19 nitrogen and oxygen atoms in total. The molecule has 0 radical (unpaired) electrons. The van der Waals surface area contributed by atoms with Crippen LogP contribution in [0.15, 0.2) is 77.9 Å². The molecule has 4 aliphatic rings. The maximum atomic E-state index is 14.2. The number of amides is 6. The number of piperidine rings is 2. The first kappa shape index (κ1) is 46.3. The van der Waals surface area contributed by atoms with E-state index in [9.17, 15) is 33.6 Å². The Hall–Kier alpha value is -8.09. The number of ether oxygens (including phenoxy) is 1. The molecule has 1 unspecified atom stereocenters. The molecule has 3 atom stereocenters. The molecule has 19 heteroatoms. The third-order valence-electron chi connectivity index (χ3n) is 15.1. The minimum absolute atomic E-state index is 0.0718. The van der Waals surface area contributed by atoms with Crippen molar-refractivity contribution in [3.05, 3.63) is 100 Å². The third kappa shape index (κ3) is 8.15. The predicted molar refractivity (Wildman–Crippen MR) is 268 cm³/mol. The van der Waals surface area contributed by atoms with Crippen molar-refractivity contribution in [2.24, 2.45) is 13.0 Å². The minimum Gasteiger partial charge on any atom is -0.453 e. The number of hydrogen-bond acceptors (Lipinski definition) is 10. The molecule has 1 aliphatic carbocycles. The maximum absolute atomic E-state index is 14.2. The Bertz CT molecular complexity index is 3450. The monoisotopic (exact) mass is 973 g/mol. The van der Waals surface area contributed by atoms with Crippen LogP contribution < -0.4 is 21.6 Å². The van der Waals surface area contributed by atoms with Gasteiger partial charge in [0, 0.05) is 85.4 Å². The van der Waals surface area contributed by atoms with E-state index in [0.29, 0.717) is 78.7 Å². The van der Waals surface area contributed by atoms with Crippen molar-refractivity contribution >= 4 is 74.3 Å². The van der Waals surface area contributed by atoms with Crippen molar-refractivity contribution < 1.29 is 33.5 Å². The molecule has 0 bridgehead atoms. The Morgan fingerprint density at radius 2 is 1.67 bits per heavy atom. The summed E-state index contributed by atoms with van der Waals surface area (Å²) in [5, 5.41) is 14.6. The van der Waals surface area contributed by atoms with Crippen molar-refractivity contribution in [3.63, 3.8) is 0 Å². The van der Waals surface area contributed by atoms with Gasteiger partial charge in [-0.2, -0.15) is 5.10 Å². The fourth-order valence-corrected chi connectivity index (χ4v) is 11.4. The highest BCUT2D eigenvalue weighted by Gasteiger charge is 2.39. The molecule has 0 spiro atoms. The fraction of sp³-hybridized carbons (Fsp3) is 0.377. The summed E-state index contributed by atoms with van der Waals surface area (Å²) in [6.45, 7) is 5.40. The number of nitrogens with zero attached hydrogens (tertiary/aromatic N) is 7.